The Morgan fingerprint density at radius 1 is 1.25 bits per heavy atom. The third kappa shape index (κ3) is 6.04. The Hall–Kier alpha value is -0.0400. The molecule has 1 saturated carbocycles. The number of carbonyl (C=O) groups is 1. The van der Waals surface area contributed by atoms with E-state index in [1.165, 1.54) is 32.1 Å². The van der Waals surface area contributed by atoms with Gasteiger partial charge in [-0.05, 0) is 50.8 Å². The van der Waals surface area contributed by atoms with E-state index >= 15 is 0 Å². The molecule has 0 saturated heterocycles. The van der Waals surface area contributed by atoms with Gasteiger partial charge in [0.15, 0.2) is 0 Å². The van der Waals surface area contributed by atoms with Gasteiger partial charge in [0.05, 0.1) is 30.7 Å². The van der Waals surface area contributed by atoms with E-state index in [2.05, 4.69) is 14.1 Å². The molecule has 1 unspecified atom stereocenters. The van der Waals surface area contributed by atoms with Gasteiger partial charge in [0.1, 0.15) is 12.6 Å². The summed E-state index contributed by atoms with van der Waals surface area (Å²) in [5.41, 5.74) is 0.367. The van der Waals surface area contributed by atoms with Gasteiger partial charge in [-0.15, -0.1) is 0 Å². The van der Waals surface area contributed by atoms with Crippen LogP contribution in [0.25, 0.3) is 0 Å². The second-order valence-electron chi connectivity index (χ2n) is 7.09. The number of likely N-dealkylation sites (N-methyl/N-ethyl adjacent to an activating group) is 1. The number of esters is 1. The lowest BCUT2D eigenvalue weighted by atomic mass is 9.93. The van der Waals surface area contributed by atoms with Gasteiger partial charge in [0.2, 0.25) is 0 Å². The first-order valence-electron chi connectivity index (χ1n) is 8.28. The highest BCUT2D eigenvalue weighted by atomic mass is 127. The van der Waals surface area contributed by atoms with E-state index in [1.54, 1.807) is 18.2 Å². The molecular formula is C18H26Cl2INO2. The van der Waals surface area contributed by atoms with Crippen LogP contribution in [0.4, 0.5) is 0 Å². The SMILES string of the molecule is CC(C[N+](C)(C)C1CCCCC1)OC(=O)c1ccc(Cl)cc1Cl.[I-]. The molecule has 1 aliphatic carbocycles. The van der Waals surface area contributed by atoms with E-state index in [9.17, 15) is 4.79 Å². The van der Waals surface area contributed by atoms with Gasteiger partial charge in [-0.25, -0.2) is 4.79 Å². The van der Waals surface area contributed by atoms with E-state index in [4.69, 9.17) is 27.9 Å². The topological polar surface area (TPSA) is 26.3 Å². The van der Waals surface area contributed by atoms with E-state index in [1.807, 2.05) is 6.92 Å². The fraction of sp³-hybridized carbons (Fsp3) is 0.611. The molecule has 0 N–H and O–H groups in total. The van der Waals surface area contributed by atoms with E-state index in [0.717, 1.165) is 11.0 Å². The summed E-state index contributed by atoms with van der Waals surface area (Å²) in [7, 11) is 4.46. The van der Waals surface area contributed by atoms with Crippen molar-refractivity contribution in [3.05, 3.63) is 33.8 Å². The minimum Gasteiger partial charge on any atom is -1.00 e. The lowest BCUT2D eigenvalue weighted by Crippen LogP contribution is -3.00. The van der Waals surface area contributed by atoms with Crippen LogP contribution in [0.3, 0.4) is 0 Å². The van der Waals surface area contributed by atoms with Crippen LogP contribution in [0.2, 0.25) is 10.0 Å². The average Bonchev–Trinajstić information content (AvgIpc) is 2.47. The predicted octanol–water partition coefficient (Wildman–Crippen LogP) is 1.95. The third-order valence-corrected chi connectivity index (χ3v) is 5.30. The van der Waals surface area contributed by atoms with E-state index in [0.29, 0.717) is 21.7 Å². The van der Waals surface area contributed by atoms with Gasteiger partial charge in [-0.1, -0.05) is 29.6 Å². The minimum absolute atomic E-state index is 0. The maximum Gasteiger partial charge on any atom is 0.340 e. The van der Waals surface area contributed by atoms with E-state index < -0.39 is 0 Å². The van der Waals surface area contributed by atoms with Crippen molar-refractivity contribution in [3.8, 4) is 0 Å². The molecule has 1 atom stereocenters. The van der Waals surface area contributed by atoms with Gasteiger partial charge in [-0.2, -0.15) is 0 Å². The smallest absolute Gasteiger partial charge is 0.340 e. The normalized spacial score (nSPS) is 17.0. The Kier molecular flexibility index (Phi) is 8.80. The molecule has 0 amide bonds. The molecule has 2 rings (SSSR count). The zero-order valence-corrected chi connectivity index (χ0v) is 18.2. The molecule has 0 bridgehead atoms. The average molecular weight is 486 g/mol. The predicted molar refractivity (Wildman–Crippen MR) is 95.2 cm³/mol. The summed E-state index contributed by atoms with van der Waals surface area (Å²) in [6.45, 7) is 2.76. The van der Waals surface area contributed by atoms with Crippen molar-refractivity contribution in [3.63, 3.8) is 0 Å². The molecule has 1 aromatic rings. The number of rotatable bonds is 5. The summed E-state index contributed by atoms with van der Waals surface area (Å²) in [5.74, 6) is -0.386. The molecule has 0 spiro atoms. The number of quaternary nitrogens is 1. The highest BCUT2D eigenvalue weighted by molar-refractivity contribution is 6.36. The van der Waals surface area contributed by atoms with Gasteiger partial charge in [0, 0.05) is 5.02 Å². The first kappa shape index (κ1) is 22.0. The number of benzene rings is 1. The summed E-state index contributed by atoms with van der Waals surface area (Å²) in [5, 5.41) is 0.838. The second kappa shape index (κ2) is 9.60. The summed E-state index contributed by atoms with van der Waals surface area (Å²) >= 11 is 11.9. The maximum absolute atomic E-state index is 12.3. The Bertz CT molecular complexity index is 560. The van der Waals surface area contributed by atoms with E-state index in [-0.39, 0.29) is 36.0 Å². The zero-order valence-electron chi connectivity index (χ0n) is 14.5. The van der Waals surface area contributed by atoms with Crippen molar-refractivity contribution >= 4 is 29.2 Å². The molecule has 3 nitrogen and oxygen atoms in total. The van der Waals surface area contributed by atoms with Gasteiger partial charge < -0.3 is 33.2 Å². The molecule has 136 valence electrons. The molecule has 0 heterocycles. The van der Waals surface area contributed by atoms with Crippen LogP contribution in [-0.4, -0.2) is 43.2 Å². The summed E-state index contributed by atoms with van der Waals surface area (Å²) in [6.07, 6.45) is 6.32. The van der Waals surface area contributed by atoms with Crippen molar-refractivity contribution < 1.29 is 38.0 Å². The van der Waals surface area contributed by atoms with Gasteiger partial charge in [0.25, 0.3) is 0 Å². The Morgan fingerprint density at radius 3 is 2.46 bits per heavy atom. The quantitative estimate of drug-likeness (QED) is 0.362. The molecule has 1 aromatic carbocycles. The monoisotopic (exact) mass is 485 g/mol. The lowest BCUT2D eigenvalue weighted by molar-refractivity contribution is -0.918. The fourth-order valence-corrected chi connectivity index (χ4v) is 4.02. The highest BCUT2D eigenvalue weighted by Gasteiger charge is 2.32. The molecule has 0 aromatic heterocycles. The minimum atomic E-state index is -0.386. The third-order valence-electron chi connectivity index (χ3n) is 4.75. The standard InChI is InChI=1S/C18H26Cl2NO2.HI/c1-13(12-21(2,3)15-7-5-4-6-8-15)23-18(22)16-10-9-14(19)11-17(16)20;/h9-11,13,15H,4-8,12H2,1-3H3;1H/q+1;/p-1. The van der Waals surface area contributed by atoms with Crippen molar-refractivity contribution in [1.82, 2.24) is 0 Å². The number of nitrogens with zero attached hydrogens (tertiary/aromatic N) is 1. The fourth-order valence-electron chi connectivity index (χ4n) is 3.53. The van der Waals surface area contributed by atoms with Crippen molar-refractivity contribution in [2.45, 2.75) is 51.2 Å². The molecular weight excluding hydrogens is 460 g/mol. The summed E-state index contributed by atoms with van der Waals surface area (Å²) in [4.78, 5) is 12.3. The molecule has 1 fully saturated rings. The number of hydrogen-bond acceptors (Lipinski definition) is 2. The van der Waals surface area contributed by atoms with Crippen molar-refractivity contribution in [1.29, 1.82) is 0 Å². The molecule has 0 radical (unpaired) electrons. The van der Waals surface area contributed by atoms with Crippen LogP contribution in [0.15, 0.2) is 18.2 Å². The van der Waals surface area contributed by atoms with Crippen LogP contribution in [-0.2, 0) is 4.74 Å². The van der Waals surface area contributed by atoms with Crippen LogP contribution in [0.5, 0.6) is 0 Å². The van der Waals surface area contributed by atoms with Crippen molar-refractivity contribution in [2.75, 3.05) is 20.6 Å². The zero-order chi connectivity index (χ0) is 17.0. The Balaban J connectivity index is 0.00000288. The van der Waals surface area contributed by atoms with Crippen LogP contribution in [0, 0.1) is 0 Å². The van der Waals surface area contributed by atoms with Crippen LogP contribution >= 0.6 is 23.2 Å². The first-order chi connectivity index (χ1) is 10.8. The first-order valence-corrected chi connectivity index (χ1v) is 9.04. The summed E-state index contributed by atoms with van der Waals surface area (Å²) < 4.78 is 6.49. The van der Waals surface area contributed by atoms with Gasteiger partial charge >= 0.3 is 5.97 Å². The lowest BCUT2D eigenvalue weighted by Gasteiger charge is -2.41. The Morgan fingerprint density at radius 2 is 1.88 bits per heavy atom. The number of ether oxygens (including phenoxy) is 1. The van der Waals surface area contributed by atoms with Crippen LogP contribution < -0.4 is 24.0 Å². The van der Waals surface area contributed by atoms with Gasteiger partial charge in [-0.3, -0.25) is 0 Å². The number of halogens is 3. The highest BCUT2D eigenvalue weighted by Crippen LogP contribution is 2.27. The number of carbonyl (C=O) groups excluding carboxylic acids is 1. The summed E-state index contributed by atoms with van der Waals surface area (Å²) in [6, 6.07) is 5.48. The second-order valence-corrected chi connectivity index (χ2v) is 7.94. The molecule has 6 heteroatoms. The molecule has 0 aliphatic heterocycles. The van der Waals surface area contributed by atoms with Crippen LogP contribution in [0.1, 0.15) is 49.4 Å². The van der Waals surface area contributed by atoms with Crippen molar-refractivity contribution in [2.24, 2.45) is 0 Å². The number of hydrogen-bond donors (Lipinski definition) is 0. The largest absolute Gasteiger partial charge is 1.00 e. The maximum atomic E-state index is 12.3. The molecule has 1 aliphatic rings. The molecule has 24 heavy (non-hydrogen) atoms. The Labute approximate surface area is 172 Å².